The second-order valence-electron chi connectivity index (χ2n) is 22.2. The first-order valence-electron chi connectivity index (χ1n) is 30.6. The lowest BCUT2D eigenvalue weighted by Crippen LogP contribution is -2.64. The number of carbonyl (C=O) groups is 8. The summed E-state index contributed by atoms with van der Waals surface area (Å²) in [6, 6.07) is -4.92. The van der Waals surface area contributed by atoms with E-state index in [9.17, 15) is 84.3 Å². The molecule has 3 rings (SSSR count). The Bertz CT molecular complexity index is 2170. The first-order valence-corrected chi connectivity index (χ1v) is 30.6. The van der Waals surface area contributed by atoms with Crippen molar-refractivity contribution >= 4 is 47.3 Å². The van der Waals surface area contributed by atoms with Gasteiger partial charge in [-0.25, -0.2) is 0 Å². The Morgan fingerprint density at radius 2 is 1.00 bits per heavy atom. The fourth-order valence-electron chi connectivity index (χ4n) is 9.94. The second kappa shape index (κ2) is 43.8. The zero-order valence-corrected chi connectivity index (χ0v) is 52.6. The monoisotopic (exact) mass is 1320 g/mol. The van der Waals surface area contributed by atoms with Gasteiger partial charge in [0.1, 0.15) is 79.1 Å². The van der Waals surface area contributed by atoms with Crippen molar-refractivity contribution in [3.63, 3.8) is 0 Å². The normalized spacial score (nSPS) is 26.2. The van der Waals surface area contributed by atoms with Crippen molar-refractivity contribution in [2.24, 2.45) is 5.92 Å². The number of rotatable bonds is 44. The SMILES string of the molecule is COC(CO)C(O)C(O)C(NC(C)=O)OCCOCCNC(=O)C(CCC(=O)NC(CCC(=O)NCCOCCOC1OC(CO)C(O)C(O)C1NC(C)=O)C(=O)NCCOCCOC1OC(CO)C(O)C(O)C1NC(C)=O)NC(=O)C1CCC(OC(C)C)CC1. The van der Waals surface area contributed by atoms with Crippen LogP contribution >= 0.6 is 0 Å². The van der Waals surface area contributed by atoms with Gasteiger partial charge in [0.05, 0.1) is 91.5 Å². The average molecular weight is 1320 g/mol. The van der Waals surface area contributed by atoms with Gasteiger partial charge in [0.25, 0.3) is 0 Å². The van der Waals surface area contributed by atoms with E-state index in [-0.39, 0.29) is 111 Å². The molecule has 2 saturated heterocycles. The van der Waals surface area contributed by atoms with Crippen LogP contribution in [-0.2, 0) is 85.7 Å². The maximum Gasteiger partial charge on any atom is 0.242 e. The van der Waals surface area contributed by atoms with Crippen LogP contribution in [0.25, 0.3) is 0 Å². The van der Waals surface area contributed by atoms with Gasteiger partial charge >= 0.3 is 0 Å². The van der Waals surface area contributed by atoms with Crippen molar-refractivity contribution in [3.8, 4) is 0 Å². The van der Waals surface area contributed by atoms with Crippen LogP contribution in [0.1, 0.15) is 86.0 Å². The highest BCUT2D eigenvalue weighted by Crippen LogP contribution is 2.28. The standard InChI is InChI=1S/C56H100N8O27/c1-30(2)89-35-9-7-34(8-10-35)51(79)64-37(53(81)59-17-19-84-21-24-86-54(62-33(5)70)50(78)45(73)38(27-65)82-6)12-14-42(72)63-36(52(80)58-16-20-85-23-26-88-56-44(61-32(4)69)49(77)47(75)40(29-67)91-56)11-13-41(71)57-15-18-83-22-25-87-55-43(60-31(3)68)48(76)46(74)39(28-66)90-55/h30,34-40,43-50,54-56,65-67,73-78H,7-29H2,1-6H3,(H,57,71)(H,58,80)(H,59,81)(H,60,68)(H,61,69)(H,62,70)(H,63,72)(H,64,79). The molecule has 91 heavy (non-hydrogen) atoms. The summed E-state index contributed by atoms with van der Waals surface area (Å²) in [6.45, 7) is 4.28. The molecule has 3 fully saturated rings. The summed E-state index contributed by atoms with van der Waals surface area (Å²) in [6.07, 6.45) is -15.9. The van der Waals surface area contributed by atoms with E-state index in [1.165, 1.54) is 21.0 Å². The molecule has 8 amide bonds. The van der Waals surface area contributed by atoms with Crippen LogP contribution < -0.4 is 42.5 Å². The Kier molecular flexibility index (Phi) is 38.6. The van der Waals surface area contributed by atoms with Gasteiger partial charge in [0.15, 0.2) is 18.8 Å². The molecule has 0 aromatic heterocycles. The van der Waals surface area contributed by atoms with Gasteiger partial charge in [0, 0.05) is 66.3 Å². The number of aliphatic hydroxyl groups excluding tert-OH is 9. The van der Waals surface area contributed by atoms with Crippen LogP contribution in [0.5, 0.6) is 0 Å². The van der Waals surface area contributed by atoms with Gasteiger partial charge in [-0.3, -0.25) is 38.4 Å². The number of hydrogen-bond acceptors (Lipinski definition) is 27. The summed E-state index contributed by atoms with van der Waals surface area (Å²) in [4.78, 5) is 103. The Morgan fingerprint density at radius 1 is 0.538 bits per heavy atom. The summed E-state index contributed by atoms with van der Waals surface area (Å²) in [5.41, 5.74) is 0. The molecule has 3 aliphatic rings. The third-order valence-corrected chi connectivity index (χ3v) is 14.7. The van der Waals surface area contributed by atoms with Crippen molar-refractivity contribution in [2.75, 3.05) is 106 Å². The highest BCUT2D eigenvalue weighted by molar-refractivity contribution is 5.90. The van der Waals surface area contributed by atoms with E-state index in [4.69, 9.17) is 47.4 Å². The molecule has 16 atom stereocenters. The van der Waals surface area contributed by atoms with Crippen LogP contribution in [0.4, 0.5) is 0 Å². The van der Waals surface area contributed by atoms with Crippen molar-refractivity contribution in [1.82, 2.24) is 42.5 Å². The molecule has 0 aromatic rings. The Labute approximate surface area is 528 Å². The molecule has 35 heteroatoms. The van der Waals surface area contributed by atoms with Crippen molar-refractivity contribution < 1.29 is 132 Å². The number of ether oxygens (including phenoxy) is 10. The minimum Gasteiger partial charge on any atom is -0.394 e. The van der Waals surface area contributed by atoms with E-state index in [0.29, 0.717) is 25.7 Å². The molecule has 0 bridgehead atoms. The number of methoxy groups -OCH3 is 1. The van der Waals surface area contributed by atoms with E-state index in [1.54, 1.807) is 0 Å². The summed E-state index contributed by atoms with van der Waals surface area (Å²) in [7, 11) is 1.21. The van der Waals surface area contributed by atoms with Gasteiger partial charge in [0.2, 0.25) is 47.3 Å². The highest BCUT2D eigenvalue weighted by atomic mass is 16.7. The molecule has 2 aliphatic heterocycles. The van der Waals surface area contributed by atoms with Crippen molar-refractivity contribution in [3.05, 3.63) is 0 Å². The van der Waals surface area contributed by atoms with Crippen LogP contribution in [0.2, 0.25) is 0 Å². The fraction of sp³-hybridized carbons (Fsp3) is 0.857. The lowest BCUT2D eigenvalue weighted by Gasteiger charge is -2.42. The number of nitrogens with one attached hydrogen (secondary N) is 8. The molecule has 526 valence electrons. The minimum absolute atomic E-state index is 0.0108. The fourth-order valence-corrected chi connectivity index (χ4v) is 9.94. The van der Waals surface area contributed by atoms with E-state index < -0.39 is 177 Å². The molecule has 1 saturated carbocycles. The molecule has 2 heterocycles. The van der Waals surface area contributed by atoms with E-state index in [2.05, 4.69) is 42.5 Å². The lowest BCUT2D eigenvalue weighted by molar-refractivity contribution is -0.272. The van der Waals surface area contributed by atoms with Crippen LogP contribution in [-0.4, -0.2) is 309 Å². The third kappa shape index (κ3) is 29.5. The van der Waals surface area contributed by atoms with Gasteiger partial charge in [-0.1, -0.05) is 0 Å². The quantitative estimate of drug-likeness (QED) is 0.0199. The predicted octanol–water partition coefficient (Wildman–Crippen LogP) is -7.97. The topological polar surface area (TPSA) is 507 Å². The molecular weight excluding hydrogens is 1220 g/mol. The summed E-state index contributed by atoms with van der Waals surface area (Å²) >= 11 is 0. The van der Waals surface area contributed by atoms with Gasteiger partial charge < -0.3 is 136 Å². The zero-order chi connectivity index (χ0) is 67.6. The lowest BCUT2D eigenvalue weighted by atomic mass is 9.86. The second-order valence-corrected chi connectivity index (χ2v) is 22.2. The summed E-state index contributed by atoms with van der Waals surface area (Å²) in [5.74, 6) is -5.19. The number of hydrogen-bond donors (Lipinski definition) is 17. The van der Waals surface area contributed by atoms with Gasteiger partial charge in [-0.05, 0) is 52.4 Å². The summed E-state index contributed by atoms with van der Waals surface area (Å²) < 4.78 is 55.4. The average Bonchev–Trinajstić information content (AvgIpc) is 0.887. The number of carbonyl (C=O) groups excluding carboxylic acids is 8. The molecular formula is C56H100N8O27. The first-order chi connectivity index (χ1) is 43.3. The van der Waals surface area contributed by atoms with Crippen molar-refractivity contribution in [2.45, 2.75) is 196 Å². The van der Waals surface area contributed by atoms with E-state index >= 15 is 0 Å². The summed E-state index contributed by atoms with van der Waals surface area (Å²) in [5, 5.41) is 112. The number of amides is 8. The Morgan fingerprint density at radius 3 is 1.44 bits per heavy atom. The smallest absolute Gasteiger partial charge is 0.242 e. The van der Waals surface area contributed by atoms with E-state index in [0.717, 1.165) is 6.92 Å². The largest absolute Gasteiger partial charge is 0.394 e. The Hall–Kier alpha value is -5.00. The van der Waals surface area contributed by atoms with Crippen LogP contribution in [0, 0.1) is 5.92 Å². The van der Waals surface area contributed by atoms with Gasteiger partial charge in [-0.15, -0.1) is 0 Å². The molecule has 0 spiro atoms. The minimum atomic E-state index is -1.71. The molecule has 16 unspecified atom stereocenters. The maximum absolute atomic E-state index is 13.8. The molecule has 17 N–H and O–H groups in total. The molecule has 35 nitrogen and oxygen atoms in total. The van der Waals surface area contributed by atoms with E-state index in [1.807, 2.05) is 13.8 Å². The Balaban J connectivity index is 1.64. The van der Waals surface area contributed by atoms with Crippen molar-refractivity contribution in [1.29, 1.82) is 0 Å². The zero-order valence-electron chi connectivity index (χ0n) is 52.6. The third-order valence-electron chi connectivity index (χ3n) is 14.7. The molecule has 0 aromatic carbocycles. The maximum atomic E-state index is 13.8. The molecule has 1 aliphatic carbocycles. The number of aliphatic hydroxyl groups is 9. The predicted molar refractivity (Wildman–Crippen MR) is 312 cm³/mol. The molecule has 0 radical (unpaired) electrons. The first kappa shape index (κ1) is 80.2. The van der Waals surface area contributed by atoms with Crippen LogP contribution in [0.15, 0.2) is 0 Å². The highest BCUT2D eigenvalue weighted by Gasteiger charge is 2.47. The van der Waals surface area contributed by atoms with Crippen LogP contribution in [0.3, 0.4) is 0 Å². The van der Waals surface area contributed by atoms with Gasteiger partial charge in [-0.2, -0.15) is 0 Å².